The molecule has 1 aliphatic carbocycles. The lowest BCUT2D eigenvalue weighted by atomic mass is 9.75. The van der Waals surface area contributed by atoms with Gasteiger partial charge < -0.3 is 0 Å². The van der Waals surface area contributed by atoms with Crippen molar-refractivity contribution >= 4 is 0 Å². The standard InChI is InChI=1S/C14H24/c1-9(2)12-8-11(5)14(6,7)13(12)10(3)4/h8-9,11H,1-7H3. The van der Waals surface area contributed by atoms with Crippen molar-refractivity contribution in [1.82, 2.24) is 0 Å². The molecule has 1 atom stereocenters. The van der Waals surface area contributed by atoms with Crippen LogP contribution in [0.3, 0.4) is 0 Å². The summed E-state index contributed by atoms with van der Waals surface area (Å²) >= 11 is 0. The van der Waals surface area contributed by atoms with Crippen molar-refractivity contribution in [3.63, 3.8) is 0 Å². The molecule has 0 saturated heterocycles. The van der Waals surface area contributed by atoms with E-state index < -0.39 is 0 Å². The molecule has 0 saturated carbocycles. The number of hydrogen-bond acceptors (Lipinski definition) is 0. The van der Waals surface area contributed by atoms with E-state index in [1.54, 1.807) is 11.1 Å². The Morgan fingerprint density at radius 2 is 1.79 bits per heavy atom. The molecule has 0 aromatic rings. The van der Waals surface area contributed by atoms with Gasteiger partial charge in [0.1, 0.15) is 0 Å². The smallest absolute Gasteiger partial charge is 0.00412 e. The maximum atomic E-state index is 2.47. The predicted octanol–water partition coefficient (Wildman–Crippen LogP) is 4.58. The van der Waals surface area contributed by atoms with Crippen LogP contribution in [0.25, 0.3) is 0 Å². The maximum Gasteiger partial charge on any atom is -0.00412 e. The minimum absolute atomic E-state index is 0.332. The van der Waals surface area contributed by atoms with Gasteiger partial charge in [-0.3, -0.25) is 0 Å². The summed E-state index contributed by atoms with van der Waals surface area (Å²) in [5, 5.41) is 0. The molecular formula is C14H24. The van der Waals surface area contributed by atoms with E-state index >= 15 is 0 Å². The van der Waals surface area contributed by atoms with Crippen LogP contribution in [0.15, 0.2) is 22.8 Å². The van der Waals surface area contributed by atoms with Crippen LogP contribution in [0.1, 0.15) is 48.5 Å². The second-order valence-electron chi connectivity index (χ2n) is 5.66. The summed E-state index contributed by atoms with van der Waals surface area (Å²) in [5.41, 5.74) is 4.99. The van der Waals surface area contributed by atoms with E-state index in [1.807, 2.05) is 0 Å². The molecule has 0 heteroatoms. The van der Waals surface area contributed by atoms with Crippen molar-refractivity contribution in [3.8, 4) is 0 Å². The molecule has 0 aromatic heterocycles. The predicted molar refractivity (Wildman–Crippen MR) is 64.2 cm³/mol. The van der Waals surface area contributed by atoms with E-state index in [0.29, 0.717) is 17.3 Å². The Morgan fingerprint density at radius 1 is 1.29 bits per heavy atom. The second-order valence-corrected chi connectivity index (χ2v) is 5.66. The van der Waals surface area contributed by atoms with E-state index in [1.165, 1.54) is 5.57 Å². The van der Waals surface area contributed by atoms with Crippen LogP contribution >= 0.6 is 0 Å². The Morgan fingerprint density at radius 3 is 2.07 bits per heavy atom. The molecule has 0 spiro atoms. The van der Waals surface area contributed by atoms with Gasteiger partial charge in [-0.05, 0) is 42.2 Å². The lowest BCUT2D eigenvalue weighted by Crippen LogP contribution is -2.19. The Bertz CT molecular complexity index is 283. The highest BCUT2D eigenvalue weighted by atomic mass is 14.4. The molecule has 1 unspecified atom stereocenters. The first-order valence-corrected chi connectivity index (χ1v) is 5.68. The van der Waals surface area contributed by atoms with E-state index in [4.69, 9.17) is 0 Å². The zero-order chi connectivity index (χ0) is 11.1. The van der Waals surface area contributed by atoms with Gasteiger partial charge in [0.25, 0.3) is 0 Å². The third-order valence-electron chi connectivity index (χ3n) is 3.62. The number of hydrogen-bond donors (Lipinski definition) is 0. The topological polar surface area (TPSA) is 0 Å². The lowest BCUT2D eigenvalue weighted by molar-refractivity contribution is 0.364. The molecule has 0 aromatic carbocycles. The Hall–Kier alpha value is -0.520. The van der Waals surface area contributed by atoms with Crippen molar-refractivity contribution in [2.75, 3.05) is 0 Å². The fourth-order valence-corrected chi connectivity index (χ4v) is 2.57. The van der Waals surface area contributed by atoms with Crippen LogP contribution in [0.5, 0.6) is 0 Å². The van der Waals surface area contributed by atoms with Gasteiger partial charge in [-0.25, -0.2) is 0 Å². The van der Waals surface area contributed by atoms with Crippen molar-refractivity contribution < 1.29 is 0 Å². The minimum atomic E-state index is 0.332. The summed E-state index contributed by atoms with van der Waals surface area (Å²) in [6.07, 6.45) is 2.47. The molecule has 0 nitrogen and oxygen atoms in total. The molecular weight excluding hydrogens is 168 g/mol. The van der Waals surface area contributed by atoms with E-state index in [-0.39, 0.29) is 0 Å². The molecule has 0 radical (unpaired) electrons. The highest BCUT2D eigenvalue weighted by Crippen LogP contribution is 2.49. The largest absolute Gasteiger partial charge is 0.0771 e. The highest BCUT2D eigenvalue weighted by molar-refractivity contribution is 5.46. The van der Waals surface area contributed by atoms with Crippen LogP contribution in [0.4, 0.5) is 0 Å². The van der Waals surface area contributed by atoms with Crippen LogP contribution in [-0.4, -0.2) is 0 Å². The molecule has 0 N–H and O–H groups in total. The molecule has 0 amide bonds. The fraction of sp³-hybridized carbons (Fsp3) is 0.714. The molecule has 0 fully saturated rings. The SMILES string of the molecule is CC(C)=C1C(C(C)C)=CC(C)C1(C)C. The van der Waals surface area contributed by atoms with Crippen LogP contribution in [0, 0.1) is 17.3 Å². The van der Waals surface area contributed by atoms with Crippen molar-refractivity contribution in [2.24, 2.45) is 17.3 Å². The lowest BCUT2D eigenvalue weighted by Gasteiger charge is -2.29. The highest BCUT2D eigenvalue weighted by Gasteiger charge is 2.37. The van der Waals surface area contributed by atoms with Gasteiger partial charge >= 0.3 is 0 Å². The third kappa shape index (κ3) is 1.67. The number of rotatable bonds is 1. The minimum Gasteiger partial charge on any atom is -0.0771 e. The van der Waals surface area contributed by atoms with Crippen molar-refractivity contribution in [1.29, 1.82) is 0 Å². The zero-order valence-corrected chi connectivity index (χ0v) is 10.7. The molecule has 14 heavy (non-hydrogen) atoms. The first-order chi connectivity index (χ1) is 6.28. The van der Waals surface area contributed by atoms with Crippen LogP contribution in [0.2, 0.25) is 0 Å². The Labute approximate surface area is 89.1 Å². The van der Waals surface area contributed by atoms with Crippen LogP contribution < -0.4 is 0 Å². The van der Waals surface area contributed by atoms with E-state index in [0.717, 1.165) is 0 Å². The van der Waals surface area contributed by atoms with Gasteiger partial charge in [0.2, 0.25) is 0 Å². The first kappa shape index (κ1) is 11.6. The van der Waals surface area contributed by atoms with Crippen molar-refractivity contribution in [3.05, 3.63) is 22.8 Å². The van der Waals surface area contributed by atoms with Crippen molar-refractivity contribution in [2.45, 2.75) is 48.5 Å². The van der Waals surface area contributed by atoms with E-state index in [9.17, 15) is 0 Å². The quantitative estimate of drug-likeness (QED) is 0.570. The monoisotopic (exact) mass is 192 g/mol. The summed E-state index contributed by atoms with van der Waals surface area (Å²) in [5.74, 6) is 1.33. The summed E-state index contributed by atoms with van der Waals surface area (Å²) < 4.78 is 0. The average molecular weight is 192 g/mol. The van der Waals surface area contributed by atoms with Gasteiger partial charge in [0.15, 0.2) is 0 Å². The van der Waals surface area contributed by atoms with E-state index in [2.05, 4.69) is 54.5 Å². The van der Waals surface area contributed by atoms with Gasteiger partial charge in [0, 0.05) is 0 Å². The first-order valence-electron chi connectivity index (χ1n) is 5.68. The summed E-state index contributed by atoms with van der Waals surface area (Å²) in [7, 11) is 0. The molecule has 1 aliphatic rings. The van der Waals surface area contributed by atoms with Gasteiger partial charge in [0.05, 0.1) is 0 Å². The third-order valence-corrected chi connectivity index (χ3v) is 3.62. The number of allylic oxidation sites excluding steroid dienone is 4. The molecule has 1 rings (SSSR count). The second kappa shape index (κ2) is 3.56. The normalized spacial score (nSPS) is 25.6. The summed E-state index contributed by atoms with van der Waals surface area (Å²) in [6, 6.07) is 0. The van der Waals surface area contributed by atoms with Gasteiger partial charge in [-0.15, -0.1) is 0 Å². The fourth-order valence-electron chi connectivity index (χ4n) is 2.57. The molecule has 0 aliphatic heterocycles. The van der Waals surface area contributed by atoms with Crippen LogP contribution in [-0.2, 0) is 0 Å². The molecule has 80 valence electrons. The van der Waals surface area contributed by atoms with Gasteiger partial charge in [-0.2, -0.15) is 0 Å². The zero-order valence-electron chi connectivity index (χ0n) is 10.7. The molecule has 0 bridgehead atoms. The van der Waals surface area contributed by atoms with Gasteiger partial charge in [-0.1, -0.05) is 46.3 Å². The Kier molecular flexibility index (Phi) is 2.94. The summed E-state index contributed by atoms with van der Waals surface area (Å²) in [4.78, 5) is 0. The maximum absolute atomic E-state index is 2.47. The average Bonchev–Trinajstić information content (AvgIpc) is 2.23. The molecule has 0 heterocycles. The summed E-state index contributed by atoms with van der Waals surface area (Å²) in [6.45, 7) is 16.1. The Balaban J connectivity index is 3.24.